The monoisotopic (exact) mass is 479 g/mol. The van der Waals surface area contributed by atoms with Crippen molar-refractivity contribution < 1.29 is 22.8 Å². The van der Waals surface area contributed by atoms with E-state index >= 15 is 0 Å². The Morgan fingerprint density at radius 3 is 2.31 bits per heavy atom. The summed E-state index contributed by atoms with van der Waals surface area (Å²) in [6.45, 7) is -0.213. The highest BCUT2D eigenvalue weighted by atomic mass is 35.5. The van der Waals surface area contributed by atoms with Gasteiger partial charge in [0.2, 0.25) is 5.91 Å². The highest BCUT2D eigenvalue weighted by Gasteiger charge is 2.15. The third-order valence-electron chi connectivity index (χ3n) is 4.17. The average Bonchev–Trinajstić information content (AvgIpc) is 2.75. The molecule has 0 radical (unpaired) electrons. The van der Waals surface area contributed by atoms with E-state index in [1.807, 2.05) is 0 Å². The molecule has 166 valence electrons. The van der Waals surface area contributed by atoms with E-state index in [2.05, 4.69) is 16.0 Å². The number of anilines is 3. The fourth-order valence-corrected chi connectivity index (χ4v) is 3.56. The Morgan fingerprint density at radius 2 is 1.59 bits per heavy atom. The van der Waals surface area contributed by atoms with Gasteiger partial charge in [0.25, 0.3) is 11.7 Å². The number of carbonyl (C=O) groups excluding carboxylic acids is 2. The zero-order chi connectivity index (χ0) is 23.1. The fraction of sp³-hybridized carbons (Fsp3) is 0.0909. The molecule has 5 nitrogen and oxygen atoms in total. The van der Waals surface area contributed by atoms with E-state index in [1.54, 1.807) is 36.4 Å². The first-order valence-corrected chi connectivity index (χ1v) is 10.5. The number of benzene rings is 3. The number of nitrogens with one attached hydrogen (secondary N) is 3. The lowest BCUT2D eigenvalue weighted by atomic mass is 10.1. The van der Waals surface area contributed by atoms with Gasteiger partial charge in [-0.05, 0) is 42.5 Å². The minimum Gasteiger partial charge on any atom is -0.376 e. The van der Waals surface area contributed by atoms with Gasteiger partial charge in [0, 0.05) is 10.6 Å². The second-order valence-corrected chi connectivity index (χ2v) is 7.84. The summed E-state index contributed by atoms with van der Waals surface area (Å²) in [4.78, 5) is 25.3. The quantitative estimate of drug-likeness (QED) is 0.342. The van der Waals surface area contributed by atoms with E-state index in [9.17, 15) is 22.8 Å². The Morgan fingerprint density at radius 1 is 0.906 bits per heavy atom. The number of hydrogen-bond acceptors (Lipinski definition) is 4. The second kappa shape index (κ2) is 10.9. The molecule has 32 heavy (non-hydrogen) atoms. The maximum absolute atomic E-state index is 13.2. The van der Waals surface area contributed by atoms with E-state index < -0.39 is 23.4 Å². The molecule has 3 N–H and O–H groups in total. The largest absolute Gasteiger partial charge is 0.376 e. The predicted octanol–water partition coefficient (Wildman–Crippen LogP) is 6.10. The molecule has 0 spiro atoms. The van der Waals surface area contributed by atoms with Crippen LogP contribution in [0.3, 0.4) is 0 Å². The molecule has 0 unspecified atom stereocenters. The molecule has 0 aliphatic carbocycles. The van der Waals surface area contributed by atoms with Crippen LogP contribution in [0.15, 0.2) is 71.6 Å². The molecule has 0 fully saturated rings. The standard InChI is InChI=1S/C22H17ClF3N3O2S/c23-15-11-13(24)9-10-17(15)29-21(31)14-5-1-2-6-16(14)27-12-20(30)28-18-7-3-4-8-19(18)32-22(25)26/h1-11,22,27H,12H2,(H,28,30)(H,29,31). The Balaban J connectivity index is 1.66. The van der Waals surface area contributed by atoms with Crippen LogP contribution in [0.5, 0.6) is 0 Å². The van der Waals surface area contributed by atoms with E-state index in [0.29, 0.717) is 17.4 Å². The molecule has 0 aliphatic heterocycles. The van der Waals surface area contributed by atoms with Gasteiger partial charge in [0.15, 0.2) is 0 Å². The van der Waals surface area contributed by atoms with Crippen LogP contribution in [0, 0.1) is 5.82 Å². The van der Waals surface area contributed by atoms with Gasteiger partial charge in [0.1, 0.15) is 5.82 Å². The summed E-state index contributed by atoms with van der Waals surface area (Å²) in [5.74, 6) is -4.15. The van der Waals surface area contributed by atoms with Crippen molar-refractivity contribution in [3.63, 3.8) is 0 Å². The Labute approximate surface area is 191 Å². The summed E-state index contributed by atoms with van der Waals surface area (Å²) in [7, 11) is 0. The molecule has 3 aromatic rings. The maximum Gasteiger partial charge on any atom is 0.288 e. The minimum absolute atomic E-state index is 0.0449. The number of para-hydroxylation sites is 2. The van der Waals surface area contributed by atoms with Crippen LogP contribution in [0.1, 0.15) is 10.4 Å². The maximum atomic E-state index is 13.2. The molecule has 0 atom stereocenters. The fourth-order valence-electron chi connectivity index (χ4n) is 2.75. The number of halogens is 4. The van der Waals surface area contributed by atoms with Gasteiger partial charge in [-0.15, -0.1) is 0 Å². The number of amides is 2. The molecular formula is C22H17ClF3N3O2S. The lowest BCUT2D eigenvalue weighted by molar-refractivity contribution is -0.114. The van der Waals surface area contributed by atoms with Crippen molar-refractivity contribution in [1.29, 1.82) is 0 Å². The molecule has 3 aromatic carbocycles. The van der Waals surface area contributed by atoms with E-state index in [4.69, 9.17) is 11.6 Å². The summed E-state index contributed by atoms with van der Waals surface area (Å²) in [6.07, 6.45) is 0. The SMILES string of the molecule is O=C(CNc1ccccc1C(=O)Nc1ccc(F)cc1Cl)Nc1ccccc1SC(F)F. The van der Waals surface area contributed by atoms with Crippen molar-refractivity contribution in [3.05, 3.63) is 83.1 Å². The van der Waals surface area contributed by atoms with Crippen LogP contribution in [-0.2, 0) is 4.79 Å². The van der Waals surface area contributed by atoms with Crippen LogP contribution in [-0.4, -0.2) is 24.1 Å². The first-order valence-electron chi connectivity index (χ1n) is 9.26. The van der Waals surface area contributed by atoms with Crippen molar-refractivity contribution in [1.82, 2.24) is 0 Å². The molecule has 0 saturated carbocycles. The number of alkyl halides is 2. The highest BCUT2D eigenvalue weighted by Crippen LogP contribution is 2.31. The molecular weight excluding hydrogens is 463 g/mol. The highest BCUT2D eigenvalue weighted by molar-refractivity contribution is 7.99. The summed E-state index contributed by atoms with van der Waals surface area (Å²) < 4.78 is 38.6. The lowest BCUT2D eigenvalue weighted by Gasteiger charge is -2.14. The van der Waals surface area contributed by atoms with Crippen molar-refractivity contribution >= 4 is 52.2 Å². The zero-order valence-electron chi connectivity index (χ0n) is 16.4. The molecule has 0 bridgehead atoms. The summed E-state index contributed by atoms with van der Waals surface area (Å²) in [5, 5.41) is 8.08. The first-order chi connectivity index (χ1) is 15.3. The average molecular weight is 480 g/mol. The molecule has 0 heterocycles. The molecule has 10 heteroatoms. The van der Waals surface area contributed by atoms with Gasteiger partial charge in [-0.2, -0.15) is 8.78 Å². The van der Waals surface area contributed by atoms with Crippen LogP contribution < -0.4 is 16.0 Å². The number of rotatable bonds is 8. The zero-order valence-corrected chi connectivity index (χ0v) is 17.9. The first kappa shape index (κ1) is 23.5. The number of hydrogen-bond donors (Lipinski definition) is 3. The third-order valence-corrected chi connectivity index (χ3v) is 5.27. The van der Waals surface area contributed by atoms with Crippen LogP contribution in [0.25, 0.3) is 0 Å². The second-order valence-electron chi connectivity index (χ2n) is 6.40. The van der Waals surface area contributed by atoms with E-state index in [0.717, 1.165) is 6.07 Å². The molecule has 0 aliphatic rings. The molecule has 0 saturated heterocycles. The van der Waals surface area contributed by atoms with Gasteiger partial charge in [0.05, 0.1) is 28.5 Å². The van der Waals surface area contributed by atoms with Gasteiger partial charge in [-0.25, -0.2) is 4.39 Å². The van der Waals surface area contributed by atoms with Gasteiger partial charge >= 0.3 is 0 Å². The summed E-state index contributed by atoms with van der Waals surface area (Å²) in [5.41, 5.74) is 1.10. The van der Waals surface area contributed by atoms with Crippen molar-refractivity contribution in [2.24, 2.45) is 0 Å². The molecule has 3 rings (SSSR count). The smallest absolute Gasteiger partial charge is 0.288 e. The van der Waals surface area contributed by atoms with Crippen molar-refractivity contribution in [2.45, 2.75) is 10.7 Å². The topological polar surface area (TPSA) is 70.2 Å². The van der Waals surface area contributed by atoms with Crippen molar-refractivity contribution in [3.8, 4) is 0 Å². The van der Waals surface area contributed by atoms with E-state index in [-0.39, 0.29) is 33.4 Å². The van der Waals surface area contributed by atoms with Crippen LogP contribution >= 0.6 is 23.4 Å². The Bertz CT molecular complexity index is 1130. The Kier molecular flexibility index (Phi) is 8.02. The van der Waals surface area contributed by atoms with Crippen LogP contribution in [0.2, 0.25) is 5.02 Å². The molecule has 2 amide bonds. The van der Waals surface area contributed by atoms with Crippen LogP contribution in [0.4, 0.5) is 30.2 Å². The van der Waals surface area contributed by atoms with Gasteiger partial charge < -0.3 is 16.0 Å². The number of thioether (sulfide) groups is 1. The normalized spacial score (nSPS) is 10.7. The summed E-state index contributed by atoms with van der Waals surface area (Å²) in [6, 6.07) is 16.3. The van der Waals surface area contributed by atoms with Crippen molar-refractivity contribution in [2.75, 3.05) is 22.5 Å². The van der Waals surface area contributed by atoms with E-state index in [1.165, 1.54) is 24.3 Å². The predicted molar refractivity (Wildman–Crippen MR) is 121 cm³/mol. The minimum atomic E-state index is -2.62. The van der Waals surface area contributed by atoms with Gasteiger partial charge in [-0.3, -0.25) is 9.59 Å². The lowest BCUT2D eigenvalue weighted by Crippen LogP contribution is -2.23. The summed E-state index contributed by atoms with van der Waals surface area (Å²) >= 11 is 6.29. The number of carbonyl (C=O) groups is 2. The van der Waals surface area contributed by atoms with Gasteiger partial charge in [-0.1, -0.05) is 47.6 Å². The Hall–Kier alpha value is -3.17. The third kappa shape index (κ3) is 6.41. The molecule has 0 aromatic heterocycles.